The van der Waals surface area contributed by atoms with Crippen molar-refractivity contribution < 1.29 is 27.8 Å². The maximum absolute atomic E-state index is 13.3. The number of pyridine rings is 1. The van der Waals surface area contributed by atoms with E-state index in [9.17, 15) is 18.0 Å². The molecule has 234 valence electrons. The van der Waals surface area contributed by atoms with Gasteiger partial charge in [0.25, 0.3) is 5.56 Å². The molecular formula is C29H28F3N9O4. The lowest BCUT2D eigenvalue weighted by Crippen LogP contribution is -2.34. The van der Waals surface area contributed by atoms with Gasteiger partial charge in [-0.25, -0.2) is 23.8 Å². The van der Waals surface area contributed by atoms with Gasteiger partial charge in [-0.3, -0.25) is 4.79 Å². The number of nitrogens with one attached hydrogen (secondary N) is 2. The number of benzene rings is 1. The molecule has 5 heterocycles. The summed E-state index contributed by atoms with van der Waals surface area (Å²) in [5.74, 6) is -1.37. The van der Waals surface area contributed by atoms with Crippen molar-refractivity contribution in [1.82, 2.24) is 39.4 Å². The van der Waals surface area contributed by atoms with E-state index < -0.39 is 12.1 Å². The Labute approximate surface area is 253 Å². The molecule has 16 heteroatoms. The smallest absolute Gasteiger partial charge is 0.475 e. The van der Waals surface area contributed by atoms with Crippen LogP contribution in [0.25, 0.3) is 22.5 Å². The van der Waals surface area contributed by atoms with E-state index in [0.717, 1.165) is 37.3 Å². The van der Waals surface area contributed by atoms with Gasteiger partial charge in [0.05, 0.1) is 12.2 Å². The van der Waals surface area contributed by atoms with Crippen molar-refractivity contribution in [3.63, 3.8) is 0 Å². The van der Waals surface area contributed by atoms with Gasteiger partial charge in [-0.05, 0) is 56.3 Å². The molecule has 45 heavy (non-hydrogen) atoms. The van der Waals surface area contributed by atoms with E-state index in [2.05, 4.69) is 27.3 Å². The highest BCUT2D eigenvalue weighted by Gasteiger charge is 2.38. The van der Waals surface area contributed by atoms with Gasteiger partial charge in [0.15, 0.2) is 11.5 Å². The number of aromatic nitrogens is 7. The van der Waals surface area contributed by atoms with Crippen LogP contribution in [0.3, 0.4) is 0 Å². The van der Waals surface area contributed by atoms with Crippen LogP contribution >= 0.6 is 0 Å². The standard InChI is InChI=1S/C27H27N9O2.C2HF3O2/c1-2-15-35-26(37)22-18-29-27(31-19-6-3-7-20(17-19)34-16-5-12-30-34)33-25(22)36(35)23-8-4-9-24(32-23)38-21-10-13-28-14-11-21;3-2(4,5)1(6)7/h2-9,12,16-18,21,28H,1,10-11,13-15H2,(H,29,31,33);(H,6,7). The molecule has 6 rings (SSSR count). The number of allylic oxidation sites excluding steroid dienone is 1. The van der Waals surface area contributed by atoms with E-state index in [1.165, 1.54) is 6.20 Å². The number of hydrogen-bond acceptors (Lipinski definition) is 9. The van der Waals surface area contributed by atoms with Crippen molar-refractivity contribution in [3.05, 3.63) is 90.1 Å². The van der Waals surface area contributed by atoms with Gasteiger partial charge >= 0.3 is 12.1 Å². The molecule has 5 aromatic rings. The van der Waals surface area contributed by atoms with Gasteiger partial charge in [-0.1, -0.05) is 18.2 Å². The number of anilines is 2. The summed E-state index contributed by atoms with van der Waals surface area (Å²) in [6.45, 7) is 5.94. The summed E-state index contributed by atoms with van der Waals surface area (Å²) in [6.07, 6.45) is 3.66. The van der Waals surface area contributed by atoms with Gasteiger partial charge in [-0.2, -0.15) is 28.2 Å². The Hall–Kier alpha value is -5.51. The number of halogens is 3. The zero-order valence-electron chi connectivity index (χ0n) is 23.7. The fourth-order valence-electron chi connectivity index (χ4n) is 4.56. The molecule has 13 nitrogen and oxygen atoms in total. The number of alkyl halides is 3. The van der Waals surface area contributed by atoms with Crippen molar-refractivity contribution in [2.45, 2.75) is 31.7 Å². The third kappa shape index (κ3) is 7.35. The highest BCUT2D eigenvalue weighted by atomic mass is 19.4. The number of fused-ring (bicyclic) bond motifs is 1. The summed E-state index contributed by atoms with van der Waals surface area (Å²) in [7, 11) is 0. The Morgan fingerprint density at radius 3 is 2.60 bits per heavy atom. The lowest BCUT2D eigenvalue weighted by Gasteiger charge is -2.23. The topological polar surface area (TPSA) is 154 Å². The normalized spacial score (nSPS) is 13.6. The summed E-state index contributed by atoms with van der Waals surface area (Å²) in [6, 6.07) is 15.1. The molecule has 0 saturated carbocycles. The number of aliphatic carboxylic acids is 1. The predicted octanol–water partition coefficient (Wildman–Crippen LogP) is 3.86. The first-order valence-electron chi connectivity index (χ1n) is 13.8. The number of ether oxygens (including phenoxy) is 1. The third-order valence-electron chi connectivity index (χ3n) is 6.59. The fraction of sp³-hybridized carbons (Fsp3) is 0.241. The number of carboxylic acid groups (broad SMARTS) is 1. The molecule has 0 spiro atoms. The van der Waals surface area contributed by atoms with E-state index in [-0.39, 0.29) is 18.2 Å². The number of rotatable bonds is 8. The predicted molar refractivity (Wildman–Crippen MR) is 158 cm³/mol. The molecule has 1 aromatic carbocycles. The van der Waals surface area contributed by atoms with Crippen LogP contribution in [0.1, 0.15) is 12.8 Å². The van der Waals surface area contributed by atoms with Gasteiger partial charge in [-0.15, -0.1) is 6.58 Å². The van der Waals surface area contributed by atoms with Crippen LogP contribution in [0, 0.1) is 0 Å². The minimum Gasteiger partial charge on any atom is -0.475 e. The SMILES string of the molecule is C=CCn1c(=O)c2cnc(Nc3cccc(-n4cccn4)c3)nc2n1-c1cccc(OC2CCNCC2)n1.O=C(O)C(F)(F)F. The van der Waals surface area contributed by atoms with Crippen LogP contribution in [0.4, 0.5) is 24.8 Å². The number of carbonyl (C=O) groups is 1. The molecule has 1 saturated heterocycles. The molecule has 1 aliphatic rings. The maximum atomic E-state index is 13.3. The molecular weight excluding hydrogens is 595 g/mol. The first-order chi connectivity index (χ1) is 21.6. The van der Waals surface area contributed by atoms with Crippen molar-refractivity contribution in [2.75, 3.05) is 18.4 Å². The van der Waals surface area contributed by atoms with Gasteiger partial charge in [0.2, 0.25) is 11.8 Å². The highest BCUT2D eigenvalue weighted by molar-refractivity contribution is 5.77. The van der Waals surface area contributed by atoms with E-state index in [1.807, 2.05) is 54.7 Å². The second-order valence-electron chi connectivity index (χ2n) is 9.75. The van der Waals surface area contributed by atoms with Gasteiger partial charge in [0.1, 0.15) is 11.5 Å². The van der Waals surface area contributed by atoms with Crippen LogP contribution in [0.15, 0.2) is 84.6 Å². The largest absolute Gasteiger partial charge is 0.490 e. The Balaban J connectivity index is 0.000000515. The van der Waals surface area contributed by atoms with Crippen LogP contribution in [-0.2, 0) is 11.3 Å². The molecule has 1 aliphatic heterocycles. The first-order valence-corrected chi connectivity index (χ1v) is 13.8. The zero-order chi connectivity index (χ0) is 32.0. The lowest BCUT2D eigenvalue weighted by atomic mass is 10.1. The summed E-state index contributed by atoms with van der Waals surface area (Å²) in [4.78, 5) is 36.0. The Morgan fingerprint density at radius 1 is 1.16 bits per heavy atom. The zero-order valence-corrected chi connectivity index (χ0v) is 23.7. The highest BCUT2D eigenvalue weighted by Crippen LogP contribution is 2.22. The Bertz CT molecular complexity index is 1850. The molecule has 3 N–H and O–H groups in total. The van der Waals surface area contributed by atoms with Crippen LogP contribution < -0.4 is 20.9 Å². The average molecular weight is 624 g/mol. The summed E-state index contributed by atoms with van der Waals surface area (Å²) < 4.78 is 42.9. The average Bonchev–Trinajstić information content (AvgIpc) is 3.65. The molecule has 0 unspecified atom stereocenters. The van der Waals surface area contributed by atoms with Gasteiger partial charge in [0, 0.05) is 30.3 Å². The van der Waals surface area contributed by atoms with E-state index in [4.69, 9.17) is 24.6 Å². The minimum atomic E-state index is -5.08. The summed E-state index contributed by atoms with van der Waals surface area (Å²) in [5, 5.41) is 18.4. The molecule has 0 amide bonds. The number of nitrogens with zero attached hydrogens (tertiary/aromatic N) is 7. The quantitative estimate of drug-likeness (QED) is 0.217. The van der Waals surface area contributed by atoms with E-state index in [1.54, 1.807) is 26.3 Å². The van der Waals surface area contributed by atoms with Crippen LogP contribution in [0.2, 0.25) is 0 Å². The second-order valence-corrected chi connectivity index (χ2v) is 9.75. The van der Waals surface area contributed by atoms with Crippen molar-refractivity contribution in [1.29, 1.82) is 0 Å². The van der Waals surface area contributed by atoms with Gasteiger partial charge < -0.3 is 20.5 Å². The van der Waals surface area contributed by atoms with Crippen molar-refractivity contribution >= 4 is 28.6 Å². The lowest BCUT2D eigenvalue weighted by molar-refractivity contribution is -0.192. The summed E-state index contributed by atoms with van der Waals surface area (Å²) >= 11 is 0. The van der Waals surface area contributed by atoms with E-state index >= 15 is 0 Å². The third-order valence-corrected chi connectivity index (χ3v) is 6.59. The first kappa shape index (κ1) is 30.9. The van der Waals surface area contributed by atoms with E-state index in [0.29, 0.717) is 28.7 Å². The van der Waals surface area contributed by atoms with Crippen molar-refractivity contribution in [2.24, 2.45) is 0 Å². The molecule has 0 aliphatic carbocycles. The fourth-order valence-corrected chi connectivity index (χ4v) is 4.56. The second kappa shape index (κ2) is 13.4. The monoisotopic (exact) mass is 623 g/mol. The number of carboxylic acids is 1. The minimum absolute atomic E-state index is 0.103. The maximum Gasteiger partial charge on any atom is 0.490 e. The molecule has 1 fully saturated rings. The molecule has 4 aromatic heterocycles. The molecule has 0 atom stereocenters. The number of piperidine rings is 1. The van der Waals surface area contributed by atoms with Crippen molar-refractivity contribution in [3.8, 4) is 17.4 Å². The Kier molecular flexibility index (Phi) is 9.22. The molecule has 0 bridgehead atoms. The molecule has 0 radical (unpaired) electrons. The summed E-state index contributed by atoms with van der Waals surface area (Å²) in [5.41, 5.74) is 1.89. The number of hydrogen-bond donors (Lipinski definition) is 3. The Morgan fingerprint density at radius 2 is 1.91 bits per heavy atom. The van der Waals surface area contributed by atoms with Crippen LogP contribution in [-0.4, -0.2) is 70.5 Å². The van der Waals surface area contributed by atoms with Crippen LogP contribution in [0.5, 0.6) is 5.88 Å².